The summed E-state index contributed by atoms with van der Waals surface area (Å²) in [6.45, 7) is 9.43. The summed E-state index contributed by atoms with van der Waals surface area (Å²) in [5.41, 5.74) is 1.38. The Labute approximate surface area is 191 Å². The molecule has 0 radical (unpaired) electrons. The third-order valence-electron chi connectivity index (χ3n) is 4.40. The van der Waals surface area contributed by atoms with Crippen LogP contribution >= 0.6 is 27.5 Å². The highest BCUT2D eigenvalue weighted by Gasteiger charge is 2.28. The maximum Gasteiger partial charge on any atom is 0.261 e. The Kier molecular flexibility index (Phi) is 8.33. The van der Waals surface area contributed by atoms with E-state index in [1.54, 1.807) is 25.1 Å². The molecular weight excluding hydrogens is 468 g/mol. The van der Waals surface area contributed by atoms with Gasteiger partial charge in [0.1, 0.15) is 11.8 Å². The highest BCUT2D eigenvalue weighted by Crippen LogP contribution is 2.21. The van der Waals surface area contributed by atoms with Crippen molar-refractivity contribution >= 4 is 39.3 Å². The zero-order valence-corrected chi connectivity index (χ0v) is 20.3. The first kappa shape index (κ1) is 24.2. The van der Waals surface area contributed by atoms with Crippen molar-refractivity contribution in [2.24, 2.45) is 0 Å². The number of benzene rings is 2. The fourth-order valence-electron chi connectivity index (χ4n) is 2.82. The van der Waals surface area contributed by atoms with Gasteiger partial charge in [0.2, 0.25) is 5.91 Å². The third-order valence-corrected chi connectivity index (χ3v) is 5.32. The van der Waals surface area contributed by atoms with Crippen LogP contribution in [0.3, 0.4) is 0 Å². The second-order valence-electron chi connectivity index (χ2n) is 8.27. The van der Waals surface area contributed by atoms with E-state index in [1.165, 1.54) is 4.90 Å². The molecule has 0 saturated heterocycles. The number of hydrogen-bond acceptors (Lipinski definition) is 3. The van der Waals surface area contributed by atoms with E-state index in [-0.39, 0.29) is 18.4 Å². The van der Waals surface area contributed by atoms with E-state index < -0.39 is 11.6 Å². The molecular formula is C23H28BrClN2O3. The SMILES string of the molecule is Cc1cc(OCC(=O)N(Cc2cccc(Br)c2)[C@H](C)C(=O)NC(C)(C)C)ccc1Cl. The van der Waals surface area contributed by atoms with Crippen molar-refractivity contribution in [3.8, 4) is 5.75 Å². The van der Waals surface area contributed by atoms with Crippen LogP contribution in [0.2, 0.25) is 5.02 Å². The molecule has 0 aliphatic rings. The minimum Gasteiger partial charge on any atom is -0.484 e. The van der Waals surface area contributed by atoms with Gasteiger partial charge in [-0.05, 0) is 76.1 Å². The fraction of sp³-hybridized carbons (Fsp3) is 0.391. The van der Waals surface area contributed by atoms with E-state index in [4.69, 9.17) is 16.3 Å². The van der Waals surface area contributed by atoms with Crippen LogP contribution in [-0.2, 0) is 16.1 Å². The van der Waals surface area contributed by atoms with E-state index in [0.717, 1.165) is 15.6 Å². The number of nitrogens with zero attached hydrogens (tertiary/aromatic N) is 1. The van der Waals surface area contributed by atoms with Crippen molar-refractivity contribution in [3.63, 3.8) is 0 Å². The Hall–Kier alpha value is -2.05. The summed E-state index contributed by atoms with van der Waals surface area (Å²) in [5, 5.41) is 3.58. The van der Waals surface area contributed by atoms with Gasteiger partial charge in [-0.2, -0.15) is 0 Å². The Morgan fingerprint density at radius 2 is 1.90 bits per heavy atom. The summed E-state index contributed by atoms with van der Waals surface area (Å²) >= 11 is 9.50. The smallest absolute Gasteiger partial charge is 0.261 e. The number of halogens is 2. The molecule has 1 N–H and O–H groups in total. The minimum atomic E-state index is -0.661. The standard InChI is InChI=1S/C23H28BrClN2O3/c1-15-11-19(9-10-20(15)25)30-14-21(28)27(13-17-7-6-8-18(24)12-17)16(2)22(29)26-23(3,4)5/h6-12,16H,13-14H2,1-5H3,(H,26,29)/t16-/m1/s1. The Balaban J connectivity index is 2.18. The lowest BCUT2D eigenvalue weighted by atomic mass is 10.1. The van der Waals surface area contributed by atoms with Crippen molar-refractivity contribution in [1.82, 2.24) is 10.2 Å². The molecule has 0 spiro atoms. The van der Waals surface area contributed by atoms with Crippen molar-refractivity contribution in [1.29, 1.82) is 0 Å². The molecule has 0 saturated carbocycles. The number of aryl methyl sites for hydroxylation is 1. The molecule has 0 aliphatic heterocycles. The molecule has 5 nitrogen and oxygen atoms in total. The van der Waals surface area contributed by atoms with E-state index in [9.17, 15) is 9.59 Å². The zero-order chi connectivity index (χ0) is 22.5. The average molecular weight is 496 g/mol. The molecule has 0 fully saturated rings. The molecule has 30 heavy (non-hydrogen) atoms. The average Bonchev–Trinajstić information content (AvgIpc) is 2.65. The Bertz CT molecular complexity index is 912. The molecule has 0 heterocycles. The Morgan fingerprint density at radius 1 is 1.20 bits per heavy atom. The molecule has 7 heteroatoms. The number of carbonyl (C=O) groups is 2. The summed E-state index contributed by atoms with van der Waals surface area (Å²) in [4.78, 5) is 27.3. The number of nitrogens with one attached hydrogen (secondary N) is 1. The fourth-order valence-corrected chi connectivity index (χ4v) is 3.39. The molecule has 0 aliphatic carbocycles. The minimum absolute atomic E-state index is 0.178. The lowest BCUT2D eigenvalue weighted by molar-refractivity contribution is -0.142. The topological polar surface area (TPSA) is 58.6 Å². The number of carbonyl (C=O) groups excluding carboxylic acids is 2. The molecule has 1 atom stereocenters. The van der Waals surface area contributed by atoms with Crippen molar-refractivity contribution in [2.45, 2.75) is 52.7 Å². The van der Waals surface area contributed by atoms with Crippen LogP contribution in [0.15, 0.2) is 46.9 Å². The zero-order valence-electron chi connectivity index (χ0n) is 18.0. The van der Waals surface area contributed by atoms with Gasteiger partial charge in [0.05, 0.1) is 0 Å². The van der Waals surface area contributed by atoms with E-state index in [0.29, 0.717) is 17.3 Å². The van der Waals surface area contributed by atoms with Gasteiger partial charge in [0.15, 0.2) is 6.61 Å². The summed E-state index contributed by atoms with van der Waals surface area (Å²) in [6.07, 6.45) is 0. The quantitative estimate of drug-likeness (QED) is 0.580. The largest absolute Gasteiger partial charge is 0.484 e. The number of rotatable bonds is 7. The summed E-state index contributed by atoms with van der Waals surface area (Å²) in [6, 6.07) is 12.2. The molecule has 2 amide bonds. The van der Waals surface area contributed by atoms with Crippen LogP contribution in [0.1, 0.15) is 38.8 Å². The maximum atomic E-state index is 13.1. The second kappa shape index (κ2) is 10.3. The van der Waals surface area contributed by atoms with Gasteiger partial charge >= 0.3 is 0 Å². The van der Waals surface area contributed by atoms with Gasteiger partial charge in [-0.1, -0.05) is 39.7 Å². The van der Waals surface area contributed by atoms with Crippen LogP contribution in [0, 0.1) is 6.92 Å². The van der Waals surface area contributed by atoms with E-state index in [2.05, 4.69) is 21.2 Å². The molecule has 0 bridgehead atoms. The molecule has 2 aromatic carbocycles. The lowest BCUT2D eigenvalue weighted by Gasteiger charge is -2.31. The van der Waals surface area contributed by atoms with Crippen molar-refractivity contribution in [3.05, 3.63) is 63.1 Å². The first-order valence-corrected chi connectivity index (χ1v) is 10.9. The predicted molar refractivity (Wildman–Crippen MR) is 124 cm³/mol. The highest BCUT2D eigenvalue weighted by atomic mass is 79.9. The van der Waals surface area contributed by atoms with Crippen LogP contribution in [0.5, 0.6) is 5.75 Å². The van der Waals surface area contributed by atoms with Gasteiger partial charge in [-0.3, -0.25) is 9.59 Å². The number of amides is 2. The molecule has 162 valence electrons. The van der Waals surface area contributed by atoms with Gasteiger partial charge in [-0.15, -0.1) is 0 Å². The van der Waals surface area contributed by atoms with Gasteiger partial charge in [-0.25, -0.2) is 0 Å². The van der Waals surface area contributed by atoms with Gasteiger partial charge < -0.3 is 15.0 Å². The van der Waals surface area contributed by atoms with Crippen LogP contribution in [0.4, 0.5) is 0 Å². The van der Waals surface area contributed by atoms with E-state index >= 15 is 0 Å². The second-order valence-corrected chi connectivity index (χ2v) is 9.59. The number of ether oxygens (including phenoxy) is 1. The van der Waals surface area contributed by atoms with Crippen molar-refractivity contribution in [2.75, 3.05) is 6.61 Å². The third kappa shape index (κ3) is 7.33. The Morgan fingerprint density at radius 3 is 2.50 bits per heavy atom. The number of hydrogen-bond donors (Lipinski definition) is 1. The van der Waals surface area contributed by atoms with Gasteiger partial charge in [0.25, 0.3) is 5.91 Å². The monoisotopic (exact) mass is 494 g/mol. The highest BCUT2D eigenvalue weighted by molar-refractivity contribution is 9.10. The van der Waals surface area contributed by atoms with Crippen LogP contribution in [0.25, 0.3) is 0 Å². The first-order chi connectivity index (χ1) is 14.0. The van der Waals surface area contributed by atoms with Crippen molar-refractivity contribution < 1.29 is 14.3 Å². The summed E-state index contributed by atoms with van der Waals surface area (Å²) in [5.74, 6) is 0.0618. The normalized spacial score (nSPS) is 12.2. The van der Waals surface area contributed by atoms with Crippen LogP contribution < -0.4 is 10.1 Å². The molecule has 0 unspecified atom stereocenters. The maximum absolute atomic E-state index is 13.1. The van der Waals surface area contributed by atoms with Crippen LogP contribution in [-0.4, -0.2) is 34.9 Å². The molecule has 0 aromatic heterocycles. The molecule has 2 aromatic rings. The lowest BCUT2D eigenvalue weighted by Crippen LogP contribution is -2.53. The summed E-state index contributed by atoms with van der Waals surface area (Å²) in [7, 11) is 0. The van der Waals surface area contributed by atoms with E-state index in [1.807, 2.05) is 52.0 Å². The summed E-state index contributed by atoms with van der Waals surface area (Å²) < 4.78 is 6.60. The van der Waals surface area contributed by atoms with Gasteiger partial charge in [0, 0.05) is 21.6 Å². The molecule has 2 rings (SSSR count). The predicted octanol–water partition coefficient (Wildman–Crippen LogP) is 5.12. The first-order valence-electron chi connectivity index (χ1n) is 9.71.